The number of hydrogen-bond acceptors (Lipinski definition) is 4. The summed E-state index contributed by atoms with van der Waals surface area (Å²) in [5.74, 6) is 0.895. The molecule has 1 saturated heterocycles. The molecular formula is C16H24N4S. The first-order valence-electron chi connectivity index (χ1n) is 8.25. The van der Waals surface area contributed by atoms with Crippen LogP contribution in [-0.4, -0.2) is 40.0 Å². The molecule has 1 aliphatic heterocycles. The molecule has 3 heterocycles. The Kier molecular flexibility index (Phi) is 3.97. The van der Waals surface area contributed by atoms with E-state index in [0.717, 1.165) is 30.5 Å². The van der Waals surface area contributed by atoms with Crippen LogP contribution in [0.3, 0.4) is 0 Å². The largest absolute Gasteiger partial charge is 0.311 e. The second kappa shape index (κ2) is 6.07. The molecule has 1 atom stereocenters. The van der Waals surface area contributed by atoms with Crippen LogP contribution in [0.15, 0.2) is 17.8 Å². The Morgan fingerprint density at radius 1 is 1.29 bits per heavy atom. The van der Waals surface area contributed by atoms with Gasteiger partial charge in [-0.1, -0.05) is 19.3 Å². The Balaban J connectivity index is 1.39. The highest BCUT2D eigenvalue weighted by atomic mass is 32.1. The molecule has 0 amide bonds. The van der Waals surface area contributed by atoms with Gasteiger partial charge in [0.25, 0.3) is 0 Å². The van der Waals surface area contributed by atoms with Crippen LogP contribution < -0.4 is 5.32 Å². The first-order chi connectivity index (χ1) is 10.4. The molecule has 0 spiro atoms. The number of thiazole rings is 1. The number of nitrogens with zero attached hydrogens (tertiary/aromatic N) is 3. The van der Waals surface area contributed by atoms with Gasteiger partial charge in [0.1, 0.15) is 0 Å². The van der Waals surface area contributed by atoms with Crippen molar-refractivity contribution >= 4 is 16.3 Å². The Morgan fingerprint density at radius 3 is 3.05 bits per heavy atom. The van der Waals surface area contributed by atoms with Gasteiger partial charge in [-0.15, -0.1) is 11.3 Å². The van der Waals surface area contributed by atoms with Gasteiger partial charge in [0.15, 0.2) is 4.96 Å². The third kappa shape index (κ3) is 3.00. The first-order valence-corrected chi connectivity index (χ1v) is 9.13. The molecule has 114 valence electrons. The summed E-state index contributed by atoms with van der Waals surface area (Å²) in [5.41, 5.74) is 1.21. The maximum atomic E-state index is 4.72. The van der Waals surface area contributed by atoms with E-state index in [1.807, 2.05) is 0 Å². The van der Waals surface area contributed by atoms with E-state index in [9.17, 15) is 0 Å². The predicted octanol–water partition coefficient (Wildman–Crippen LogP) is 2.75. The van der Waals surface area contributed by atoms with Crippen molar-refractivity contribution in [2.45, 2.75) is 44.7 Å². The van der Waals surface area contributed by atoms with Crippen molar-refractivity contribution in [3.63, 3.8) is 0 Å². The number of fused-ring (bicyclic) bond motifs is 1. The van der Waals surface area contributed by atoms with Gasteiger partial charge in [-0.2, -0.15) is 0 Å². The maximum Gasteiger partial charge on any atom is 0.193 e. The monoisotopic (exact) mass is 304 g/mol. The summed E-state index contributed by atoms with van der Waals surface area (Å²) in [4.78, 5) is 8.42. The zero-order valence-corrected chi connectivity index (χ0v) is 13.3. The lowest BCUT2D eigenvalue weighted by molar-refractivity contribution is 0.140. The lowest BCUT2D eigenvalue weighted by Crippen LogP contribution is -2.53. The summed E-state index contributed by atoms with van der Waals surface area (Å²) in [6, 6.07) is 0.697. The first kappa shape index (κ1) is 13.7. The van der Waals surface area contributed by atoms with Crippen LogP contribution in [0.25, 0.3) is 4.96 Å². The molecule has 1 N–H and O–H groups in total. The lowest BCUT2D eigenvalue weighted by atomic mass is 9.83. The van der Waals surface area contributed by atoms with Gasteiger partial charge in [0.05, 0.1) is 5.69 Å². The predicted molar refractivity (Wildman–Crippen MR) is 86.7 cm³/mol. The van der Waals surface area contributed by atoms with E-state index >= 15 is 0 Å². The van der Waals surface area contributed by atoms with Crippen LogP contribution in [0.2, 0.25) is 0 Å². The number of imidazole rings is 1. The van der Waals surface area contributed by atoms with Crippen LogP contribution in [0, 0.1) is 5.92 Å². The third-order valence-electron chi connectivity index (χ3n) is 5.04. The third-order valence-corrected chi connectivity index (χ3v) is 5.81. The van der Waals surface area contributed by atoms with E-state index in [0.29, 0.717) is 6.04 Å². The normalized spacial score (nSPS) is 25.6. The molecule has 0 bridgehead atoms. The van der Waals surface area contributed by atoms with Crippen molar-refractivity contribution < 1.29 is 0 Å². The van der Waals surface area contributed by atoms with E-state index < -0.39 is 0 Å². The van der Waals surface area contributed by atoms with Crippen molar-refractivity contribution in [2.75, 3.05) is 19.6 Å². The highest BCUT2D eigenvalue weighted by Gasteiger charge is 2.28. The molecule has 1 aliphatic carbocycles. The maximum absolute atomic E-state index is 4.72. The van der Waals surface area contributed by atoms with E-state index in [4.69, 9.17) is 4.98 Å². The second-order valence-corrected chi connectivity index (χ2v) is 7.39. The van der Waals surface area contributed by atoms with E-state index in [1.54, 1.807) is 11.3 Å². The molecule has 1 saturated carbocycles. The van der Waals surface area contributed by atoms with Crippen LogP contribution in [0.1, 0.15) is 37.8 Å². The fraction of sp³-hybridized carbons (Fsp3) is 0.688. The molecule has 4 rings (SSSR count). The lowest BCUT2D eigenvalue weighted by Gasteiger charge is -2.39. The summed E-state index contributed by atoms with van der Waals surface area (Å²) in [7, 11) is 0. The van der Waals surface area contributed by atoms with Crippen molar-refractivity contribution in [1.82, 2.24) is 19.6 Å². The zero-order valence-electron chi connectivity index (χ0n) is 12.5. The molecule has 0 radical (unpaired) electrons. The highest BCUT2D eigenvalue weighted by molar-refractivity contribution is 7.15. The highest BCUT2D eigenvalue weighted by Crippen LogP contribution is 2.28. The topological polar surface area (TPSA) is 32.6 Å². The standard InChI is InChI=1S/C16H24N4S/c1-2-4-13(5-3-1)15-12-19(7-6-17-15)10-14-11-20-8-9-21-16(20)18-14/h8-9,11,13,15,17H,1-7,10,12H2. The number of piperazine rings is 1. The van der Waals surface area contributed by atoms with E-state index in [2.05, 4.69) is 32.4 Å². The summed E-state index contributed by atoms with van der Waals surface area (Å²) in [6.45, 7) is 4.47. The fourth-order valence-corrected chi connectivity index (χ4v) is 4.64. The smallest absolute Gasteiger partial charge is 0.193 e. The number of hydrogen-bond donors (Lipinski definition) is 1. The number of rotatable bonds is 3. The van der Waals surface area contributed by atoms with Gasteiger partial charge >= 0.3 is 0 Å². The Bertz CT molecular complexity index is 555. The van der Waals surface area contributed by atoms with Crippen molar-refractivity contribution in [3.05, 3.63) is 23.5 Å². The molecule has 2 aliphatic rings. The molecule has 0 aromatic carbocycles. The Morgan fingerprint density at radius 2 is 2.19 bits per heavy atom. The summed E-state index contributed by atoms with van der Waals surface area (Å²) in [5, 5.41) is 5.85. The molecule has 2 fully saturated rings. The summed E-state index contributed by atoms with van der Waals surface area (Å²) >= 11 is 1.71. The zero-order chi connectivity index (χ0) is 14.1. The minimum Gasteiger partial charge on any atom is -0.311 e. The minimum atomic E-state index is 0.697. The molecule has 2 aromatic rings. The average Bonchev–Trinajstić information content (AvgIpc) is 3.10. The van der Waals surface area contributed by atoms with Gasteiger partial charge < -0.3 is 5.32 Å². The van der Waals surface area contributed by atoms with Crippen molar-refractivity contribution in [2.24, 2.45) is 5.92 Å². The SMILES string of the molecule is c1cn2cc(CN3CCNC(C4CCCCC4)C3)nc2s1. The van der Waals surface area contributed by atoms with Gasteiger partial charge in [-0.05, 0) is 18.8 Å². The molecule has 5 heteroatoms. The molecule has 4 nitrogen and oxygen atoms in total. The van der Waals surface area contributed by atoms with E-state index in [1.165, 1.54) is 44.3 Å². The van der Waals surface area contributed by atoms with Gasteiger partial charge in [-0.3, -0.25) is 9.30 Å². The van der Waals surface area contributed by atoms with Crippen molar-refractivity contribution in [1.29, 1.82) is 0 Å². The van der Waals surface area contributed by atoms with E-state index in [-0.39, 0.29) is 0 Å². The Hall–Kier alpha value is -0.910. The summed E-state index contributed by atoms with van der Waals surface area (Å²) in [6.07, 6.45) is 11.4. The molecular weight excluding hydrogens is 280 g/mol. The Labute approximate surface area is 130 Å². The average molecular weight is 304 g/mol. The molecule has 21 heavy (non-hydrogen) atoms. The van der Waals surface area contributed by atoms with Gasteiger partial charge in [0.2, 0.25) is 0 Å². The van der Waals surface area contributed by atoms with Gasteiger partial charge in [-0.25, -0.2) is 4.98 Å². The number of aromatic nitrogens is 2. The fourth-order valence-electron chi connectivity index (χ4n) is 3.92. The molecule has 1 unspecified atom stereocenters. The molecule has 2 aromatic heterocycles. The van der Waals surface area contributed by atoms with Crippen molar-refractivity contribution in [3.8, 4) is 0 Å². The summed E-state index contributed by atoms with van der Waals surface area (Å²) < 4.78 is 2.14. The van der Waals surface area contributed by atoms with Gasteiger partial charge in [0, 0.05) is 50.0 Å². The minimum absolute atomic E-state index is 0.697. The van der Waals surface area contributed by atoms with Crippen LogP contribution in [0.4, 0.5) is 0 Å². The van der Waals surface area contributed by atoms with Crippen LogP contribution >= 0.6 is 11.3 Å². The van der Waals surface area contributed by atoms with Crippen LogP contribution in [-0.2, 0) is 6.54 Å². The number of nitrogens with one attached hydrogen (secondary N) is 1. The second-order valence-electron chi connectivity index (χ2n) is 6.52. The quantitative estimate of drug-likeness (QED) is 0.946. The van der Waals surface area contributed by atoms with Crippen LogP contribution in [0.5, 0.6) is 0 Å².